The maximum atomic E-state index is 12.7. The molecule has 0 amide bonds. The summed E-state index contributed by atoms with van der Waals surface area (Å²) >= 11 is 0. The van der Waals surface area contributed by atoms with Crippen LogP contribution in [0.4, 0.5) is 13.2 Å². The summed E-state index contributed by atoms with van der Waals surface area (Å²) in [6, 6.07) is 0. The first-order valence-corrected chi connectivity index (χ1v) is 5.27. The molecule has 16 heavy (non-hydrogen) atoms. The quantitative estimate of drug-likeness (QED) is 0.737. The Morgan fingerprint density at radius 2 is 2.06 bits per heavy atom. The minimum Gasteiger partial charge on any atom is -0.297 e. The molecule has 1 aliphatic heterocycles. The first kappa shape index (κ1) is 11.4. The standard InChI is InChI=1S/C10H14F3N3/c1-3-16-5-4-7-8(6-16)15(2)14-9(7)10(11,12)13/h3-6H2,1-2H3. The Labute approximate surface area is 91.8 Å². The monoisotopic (exact) mass is 233 g/mol. The molecule has 0 unspecified atom stereocenters. The molecule has 0 aliphatic carbocycles. The third-order valence-electron chi connectivity index (χ3n) is 3.04. The minimum atomic E-state index is -4.33. The number of hydrogen-bond acceptors (Lipinski definition) is 2. The Morgan fingerprint density at radius 3 is 2.62 bits per heavy atom. The third kappa shape index (κ3) is 1.81. The topological polar surface area (TPSA) is 21.1 Å². The molecule has 0 spiro atoms. The van der Waals surface area contributed by atoms with Crippen molar-refractivity contribution in [1.82, 2.24) is 14.7 Å². The summed E-state index contributed by atoms with van der Waals surface area (Å²) in [6.07, 6.45) is -3.90. The maximum Gasteiger partial charge on any atom is 0.435 e. The fourth-order valence-electron chi connectivity index (χ4n) is 2.12. The van der Waals surface area contributed by atoms with E-state index in [0.29, 0.717) is 30.8 Å². The molecule has 0 bridgehead atoms. The normalized spacial score (nSPS) is 17.6. The smallest absolute Gasteiger partial charge is 0.297 e. The lowest BCUT2D eigenvalue weighted by atomic mass is 10.0. The molecule has 1 aromatic rings. The summed E-state index contributed by atoms with van der Waals surface area (Å²) in [7, 11) is 1.58. The van der Waals surface area contributed by atoms with Crippen LogP contribution >= 0.6 is 0 Å². The lowest BCUT2D eigenvalue weighted by Crippen LogP contribution is -2.31. The number of rotatable bonds is 1. The molecule has 2 heterocycles. The zero-order valence-corrected chi connectivity index (χ0v) is 9.30. The maximum absolute atomic E-state index is 12.7. The summed E-state index contributed by atoms with van der Waals surface area (Å²) in [4.78, 5) is 2.12. The van der Waals surface area contributed by atoms with Gasteiger partial charge in [0.2, 0.25) is 0 Å². The molecule has 0 radical (unpaired) electrons. The van der Waals surface area contributed by atoms with Crippen LogP contribution in [0.5, 0.6) is 0 Å². The minimum absolute atomic E-state index is 0.375. The van der Waals surface area contributed by atoms with Crippen LogP contribution in [0, 0.1) is 0 Å². The fraction of sp³-hybridized carbons (Fsp3) is 0.700. The van der Waals surface area contributed by atoms with Gasteiger partial charge in [0.25, 0.3) is 0 Å². The summed E-state index contributed by atoms with van der Waals surface area (Å²) in [5, 5.41) is 3.60. The van der Waals surface area contributed by atoms with E-state index in [1.807, 2.05) is 6.92 Å². The lowest BCUT2D eigenvalue weighted by Gasteiger charge is -2.26. The van der Waals surface area contributed by atoms with Crippen molar-refractivity contribution < 1.29 is 13.2 Å². The highest BCUT2D eigenvalue weighted by molar-refractivity contribution is 5.30. The van der Waals surface area contributed by atoms with Gasteiger partial charge in [-0.1, -0.05) is 6.92 Å². The predicted molar refractivity (Wildman–Crippen MR) is 52.9 cm³/mol. The summed E-state index contributed by atoms with van der Waals surface area (Å²) in [6.45, 7) is 4.10. The predicted octanol–water partition coefficient (Wildman–Crippen LogP) is 1.82. The van der Waals surface area contributed by atoms with Crippen LogP contribution in [0.2, 0.25) is 0 Å². The van der Waals surface area contributed by atoms with Crippen molar-refractivity contribution in [3.05, 3.63) is 17.0 Å². The first-order chi connectivity index (χ1) is 7.43. The van der Waals surface area contributed by atoms with Crippen molar-refractivity contribution in [2.24, 2.45) is 7.05 Å². The highest BCUT2D eigenvalue weighted by Crippen LogP contribution is 2.34. The molecule has 0 saturated carbocycles. The molecule has 0 fully saturated rings. The van der Waals surface area contributed by atoms with Gasteiger partial charge < -0.3 is 0 Å². The largest absolute Gasteiger partial charge is 0.435 e. The van der Waals surface area contributed by atoms with Gasteiger partial charge in [-0.2, -0.15) is 18.3 Å². The van der Waals surface area contributed by atoms with E-state index < -0.39 is 11.9 Å². The number of likely N-dealkylation sites (N-methyl/N-ethyl adjacent to an activating group) is 1. The number of aryl methyl sites for hydroxylation is 1. The molecule has 0 atom stereocenters. The van der Waals surface area contributed by atoms with Crippen molar-refractivity contribution >= 4 is 0 Å². The van der Waals surface area contributed by atoms with E-state index in [0.717, 1.165) is 6.54 Å². The van der Waals surface area contributed by atoms with E-state index >= 15 is 0 Å². The molecule has 0 N–H and O–H groups in total. The Morgan fingerprint density at radius 1 is 1.38 bits per heavy atom. The number of nitrogens with zero attached hydrogens (tertiary/aromatic N) is 3. The highest BCUT2D eigenvalue weighted by Gasteiger charge is 2.39. The van der Waals surface area contributed by atoms with E-state index in [9.17, 15) is 13.2 Å². The average Bonchev–Trinajstić information content (AvgIpc) is 2.55. The van der Waals surface area contributed by atoms with E-state index in [2.05, 4.69) is 10.00 Å². The van der Waals surface area contributed by atoms with Crippen molar-refractivity contribution in [3.63, 3.8) is 0 Å². The van der Waals surface area contributed by atoms with Gasteiger partial charge in [-0.15, -0.1) is 0 Å². The van der Waals surface area contributed by atoms with Crippen molar-refractivity contribution in [2.45, 2.75) is 26.1 Å². The SMILES string of the molecule is CCN1CCc2c(C(F)(F)F)nn(C)c2C1. The molecule has 6 heteroatoms. The van der Waals surface area contributed by atoms with Gasteiger partial charge in [0.1, 0.15) is 0 Å². The number of alkyl halides is 3. The molecule has 90 valence electrons. The molecular weight excluding hydrogens is 219 g/mol. The number of fused-ring (bicyclic) bond motifs is 1. The van der Waals surface area contributed by atoms with Crippen LogP contribution in [0.1, 0.15) is 23.9 Å². The van der Waals surface area contributed by atoms with E-state index in [-0.39, 0.29) is 0 Å². The zero-order chi connectivity index (χ0) is 11.9. The number of hydrogen-bond donors (Lipinski definition) is 0. The highest BCUT2D eigenvalue weighted by atomic mass is 19.4. The van der Waals surface area contributed by atoms with Gasteiger partial charge in [0.05, 0.1) is 5.69 Å². The fourth-order valence-corrected chi connectivity index (χ4v) is 2.12. The van der Waals surface area contributed by atoms with Crippen LogP contribution in [0.25, 0.3) is 0 Å². The van der Waals surface area contributed by atoms with Crippen molar-refractivity contribution in [1.29, 1.82) is 0 Å². The van der Waals surface area contributed by atoms with Crippen LogP contribution in [0.3, 0.4) is 0 Å². The van der Waals surface area contributed by atoms with E-state index in [4.69, 9.17) is 0 Å². The van der Waals surface area contributed by atoms with Crippen molar-refractivity contribution in [2.75, 3.05) is 13.1 Å². The zero-order valence-electron chi connectivity index (χ0n) is 9.30. The molecule has 0 saturated heterocycles. The number of halogens is 3. The second-order valence-corrected chi connectivity index (χ2v) is 4.01. The third-order valence-corrected chi connectivity index (χ3v) is 3.04. The Bertz CT molecular complexity index is 395. The van der Waals surface area contributed by atoms with Gasteiger partial charge in [0.15, 0.2) is 5.69 Å². The average molecular weight is 233 g/mol. The number of aromatic nitrogens is 2. The molecular formula is C10H14F3N3. The van der Waals surface area contributed by atoms with Crippen molar-refractivity contribution in [3.8, 4) is 0 Å². The van der Waals surface area contributed by atoms with Gasteiger partial charge in [-0.3, -0.25) is 9.58 Å². The molecule has 1 aromatic heterocycles. The second kappa shape index (κ2) is 3.76. The lowest BCUT2D eigenvalue weighted by molar-refractivity contribution is -0.142. The molecule has 1 aliphatic rings. The summed E-state index contributed by atoms with van der Waals surface area (Å²) in [5.74, 6) is 0. The van der Waals surface area contributed by atoms with Crippen LogP contribution < -0.4 is 0 Å². The van der Waals surface area contributed by atoms with Crippen LogP contribution in [-0.4, -0.2) is 27.8 Å². The van der Waals surface area contributed by atoms with Gasteiger partial charge in [0, 0.05) is 25.7 Å². The van der Waals surface area contributed by atoms with Gasteiger partial charge in [-0.05, 0) is 13.0 Å². The molecule has 2 rings (SSSR count). The molecule has 3 nitrogen and oxygen atoms in total. The van der Waals surface area contributed by atoms with E-state index in [1.54, 1.807) is 7.05 Å². The van der Waals surface area contributed by atoms with Gasteiger partial charge in [-0.25, -0.2) is 0 Å². The van der Waals surface area contributed by atoms with Crippen LogP contribution in [-0.2, 0) is 26.2 Å². The Kier molecular flexibility index (Phi) is 2.69. The Balaban J connectivity index is 2.41. The first-order valence-electron chi connectivity index (χ1n) is 5.27. The van der Waals surface area contributed by atoms with Crippen LogP contribution in [0.15, 0.2) is 0 Å². The molecule has 0 aromatic carbocycles. The summed E-state index contributed by atoms with van der Waals surface area (Å²) in [5.41, 5.74) is 0.362. The summed E-state index contributed by atoms with van der Waals surface area (Å²) < 4.78 is 39.4. The second-order valence-electron chi connectivity index (χ2n) is 4.01. The van der Waals surface area contributed by atoms with E-state index in [1.165, 1.54) is 4.68 Å². The van der Waals surface area contributed by atoms with Gasteiger partial charge >= 0.3 is 6.18 Å². The Hall–Kier alpha value is -1.04.